The van der Waals surface area contributed by atoms with Crippen LogP contribution in [0.3, 0.4) is 0 Å². The van der Waals surface area contributed by atoms with E-state index in [-0.39, 0.29) is 5.56 Å². The maximum absolute atomic E-state index is 12.7. The lowest BCUT2D eigenvalue weighted by Crippen LogP contribution is -2.56. The van der Waals surface area contributed by atoms with E-state index < -0.39 is 43.0 Å². The van der Waals surface area contributed by atoms with Crippen LogP contribution in [-0.2, 0) is 25.6 Å². The zero-order chi connectivity index (χ0) is 19.0. The van der Waals surface area contributed by atoms with Crippen LogP contribution in [0.1, 0.15) is 25.0 Å². The number of sulfone groups is 1. The smallest absolute Gasteiger partial charge is 0.290 e. The van der Waals surface area contributed by atoms with Crippen LogP contribution in [0.4, 0.5) is 13.2 Å². The molecule has 0 bridgehead atoms. The first-order valence-corrected chi connectivity index (χ1v) is 8.52. The monoisotopic (exact) mass is 373 g/mol. The lowest BCUT2D eigenvalue weighted by atomic mass is 10.1. The molecule has 2 rings (SSSR count). The highest BCUT2D eigenvalue weighted by Gasteiger charge is 2.50. The topological polar surface area (TPSA) is 80.3 Å². The second-order valence-electron chi connectivity index (χ2n) is 5.81. The summed E-state index contributed by atoms with van der Waals surface area (Å²) in [5.41, 5.74) is -0.673. The van der Waals surface area contributed by atoms with E-state index in [0.717, 1.165) is 38.1 Å². The van der Waals surface area contributed by atoms with Gasteiger partial charge in [-0.3, -0.25) is 14.9 Å². The molecule has 0 aromatic heterocycles. The van der Waals surface area contributed by atoms with Gasteiger partial charge in [-0.2, -0.15) is 13.2 Å². The fourth-order valence-electron chi connectivity index (χ4n) is 2.06. The van der Waals surface area contributed by atoms with Gasteiger partial charge in [0.15, 0.2) is 9.84 Å². The molecular formula is C16H14F3NO4S. The molecule has 25 heavy (non-hydrogen) atoms. The molecule has 134 valence electrons. The molecule has 1 aliphatic rings. The Bertz CT molecular complexity index is 896. The molecule has 0 unspecified atom stereocenters. The molecule has 5 nitrogen and oxygen atoms in total. The normalized spacial score (nSPS) is 21.6. The minimum Gasteiger partial charge on any atom is -0.290 e. The summed E-state index contributed by atoms with van der Waals surface area (Å²) >= 11 is 0. The molecule has 0 atom stereocenters. The Morgan fingerprint density at radius 1 is 1.16 bits per heavy atom. The quantitative estimate of drug-likeness (QED) is 0.638. The number of carbonyl (C=O) groups excluding carboxylic acids is 2. The molecule has 1 fully saturated rings. The molecule has 1 heterocycles. The molecule has 0 spiro atoms. The number of amides is 2. The Morgan fingerprint density at radius 3 is 2.40 bits per heavy atom. The lowest BCUT2D eigenvalue weighted by Gasteiger charge is -2.28. The fourth-order valence-corrected chi connectivity index (χ4v) is 3.46. The predicted octanol–water partition coefficient (Wildman–Crippen LogP) is 2.45. The van der Waals surface area contributed by atoms with E-state index in [2.05, 4.69) is 0 Å². The summed E-state index contributed by atoms with van der Waals surface area (Å²) in [4.78, 5) is 22.8. The third kappa shape index (κ3) is 3.51. The summed E-state index contributed by atoms with van der Waals surface area (Å²) in [7, 11) is -4.22. The summed E-state index contributed by atoms with van der Waals surface area (Å²) in [5, 5.41) is 1.94. The highest BCUT2D eigenvalue weighted by Crippen LogP contribution is 2.30. The number of carbonyl (C=O) groups is 2. The zero-order valence-corrected chi connectivity index (χ0v) is 14.0. The number of rotatable bonds is 2. The van der Waals surface area contributed by atoms with Crippen LogP contribution in [0, 0.1) is 0 Å². The second kappa shape index (κ2) is 6.14. The van der Waals surface area contributed by atoms with Crippen molar-refractivity contribution in [3.63, 3.8) is 0 Å². The Labute approximate surface area is 142 Å². The number of allylic oxidation sites excluding steroid dienone is 2. The Kier molecular flexibility index (Phi) is 4.65. The maximum Gasteiger partial charge on any atom is 0.416 e. The molecule has 0 aliphatic carbocycles. The third-order valence-corrected chi connectivity index (χ3v) is 6.14. The van der Waals surface area contributed by atoms with Crippen molar-refractivity contribution in [3.05, 3.63) is 52.4 Å². The first-order valence-electron chi connectivity index (χ1n) is 7.03. The minimum absolute atomic E-state index is 0.177. The lowest BCUT2D eigenvalue weighted by molar-refractivity contribution is -0.137. The van der Waals surface area contributed by atoms with Crippen LogP contribution in [0.5, 0.6) is 0 Å². The van der Waals surface area contributed by atoms with Crippen molar-refractivity contribution in [2.45, 2.75) is 24.8 Å². The van der Waals surface area contributed by atoms with E-state index in [4.69, 9.17) is 0 Å². The number of benzene rings is 1. The van der Waals surface area contributed by atoms with Gasteiger partial charge in [-0.25, -0.2) is 8.42 Å². The number of hydrogen-bond acceptors (Lipinski definition) is 4. The van der Waals surface area contributed by atoms with Crippen LogP contribution in [0.2, 0.25) is 0 Å². The van der Waals surface area contributed by atoms with E-state index in [1.807, 2.05) is 5.32 Å². The van der Waals surface area contributed by atoms with Crippen molar-refractivity contribution < 1.29 is 31.2 Å². The molecule has 2 amide bonds. The molecule has 1 aromatic carbocycles. The van der Waals surface area contributed by atoms with Crippen LogP contribution < -0.4 is 5.32 Å². The fraction of sp³-hybridized carbons (Fsp3) is 0.250. The van der Waals surface area contributed by atoms with Gasteiger partial charge >= 0.3 is 6.18 Å². The van der Waals surface area contributed by atoms with Gasteiger partial charge in [-0.05, 0) is 37.6 Å². The molecule has 1 aromatic rings. The SMILES string of the molecule is CC1(C)C(=O)NC(=O)/C(=C\C=C\c2cccc(C(F)(F)F)c2)S1(=O)=O. The third-order valence-electron chi connectivity index (χ3n) is 3.71. The van der Waals surface area contributed by atoms with Crippen LogP contribution in [0.25, 0.3) is 6.08 Å². The number of alkyl halides is 3. The molecule has 1 saturated heterocycles. The van der Waals surface area contributed by atoms with Gasteiger partial charge in [0, 0.05) is 0 Å². The molecular weight excluding hydrogens is 359 g/mol. The first kappa shape index (κ1) is 18.9. The zero-order valence-electron chi connectivity index (χ0n) is 13.2. The summed E-state index contributed by atoms with van der Waals surface area (Å²) in [5.74, 6) is -2.01. The standard InChI is InChI=1S/C16H14F3NO4S/c1-15(2)14(22)20-13(21)12(25(15,23)24)8-4-6-10-5-3-7-11(9-10)16(17,18)19/h3-9H,1-2H3,(H,20,21,22)/b6-4+,12-8+. The van der Waals surface area contributed by atoms with Gasteiger partial charge in [0.05, 0.1) is 5.56 Å². The van der Waals surface area contributed by atoms with Crippen molar-refractivity contribution >= 4 is 27.7 Å². The molecule has 1 N–H and O–H groups in total. The predicted molar refractivity (Wildman–Crippen MR) is 84.7 cm³/mol. The van der Waals surface area contributed by atoms with E-state index in [0.29, 0.717) is 0 Å². The first-order chi connectivity index (χ1) is 11.4. The van der Waals surface area contributed by atoms with Gasteiger partial charge < -0.3 is 0 Å². The van der Waals surface area contributed by atoms with E-state index >= 15 is 0 Å². The van der Waals surface area contributed by atoms with Gasteiger partial charge in [0.1, 0.15) is 9.65 Å². The average Bonchev–Trinajstić information content (AvgIpc) is 2.49. The van der Waals surface area contributed by atoms with Crippen molar-refractivity contribution in [3.8, 4) is 0 Å². The van der Waals surface area contributed by atoms with Gasteiger partial charge in [0.2, 0.25) is 5.91 Å². The summed E-state index contributed by atoms with van der Waals surface area (Å²) in [6, 6.07) is 4.40. The van der Waals surface area contributed by atoms with Crippen molar-refractivity contribution in [1.82, 2.24) is 5.32 Å². The van der Waals surface area contributed by atoms with Crippen molar-refractivity contribution in [2.75, 3.05) is 0 Å². The summed E-state index contributed by atoms with van der Waals surface area (Å²) in [6.45, 7) is 2.32. The van der Waals surface area contributed by atoms with Gasteiger partial charge in [0.25, 0.3) is 5.91 Å². The van der Waals surface area contributed by atoms with Gasteiger partial charge in [-0.1, -0.05) is 24.3 Å². The number of hydrogen-bond donors (Lipinski definition) is 1. The molecule has 9 heteroatoms. The van der Waals surface area contributed by atoms with Crippen molar-refractivity contribution in [1.29, 1.82) is 0 Å². The summed E-state index contributed by atoms with van der Waals surface area (Å²) < 4.78 is 60.8. The number of imide groups is 1. The van der Waals surface area contributed by atoms with E-state index in [1.54, 1.807) is 0 Å². The van der Waals surface area contributed by atoms with Crippen LogP contribution in [0.15, 0.2) is 41.3 Å². The Morgan fingerprint density at radius 2 is 1.80 bits per heavy atom. The van der Waals surface area contributed by atoms with E-state index in [9.17, 15) is 31.2 Å². The maximum atomic E-state index is 12.7. The number of halogens is 3. The molecule has 1 aliphatic heterocycles. The highest BCUT2D eigenvalue weighted by atomic mass is 32.2. The second-order valence-corrected chi connectivity index (χ2v) is 8.28. The van der Waals surface area contributed by atoms with Crippen LogP contribution >= 0.6 is 0 Å². The molecule has 0 radical (unpaired) electrons. The Balaban J connectivity index is 2.37. The average molecular weight is 373 g/mol. The summed E-state index contributed by atoms with van der Waals surface area (Å²) in [6.07, 6.45) is -1.17. The van der Waals surface area contributed by atoms with Crippen molar-refractivity contribution in [2.24, 2.45) is 0 Å². The van der Waals surface area contributed by atoms with Gasteiger partial charge in [-0.15, -0.1) is 0 Å². The highest BCUT2D eigenvalue weighted by molar-refractivity contribution is 7.98. The van der Waals surface area contributed by atoms with E-state index in [1.165, 1.54) is 18.2 Å². The largest absolute Gasteiger partial charge is 0.416 e. The molecule has 0 saturated carbocycles. The number of nitrogens with one attached hydrogen (secondary N) is 1. The van der Waals surface area contributed by atoms with Crippen LogP contribution in [-0.4, -0.2) is 25.0 Å². The Hall–Kier alpha value is -2.42. The minimum atomic E-state index is -4.50.